The maximum absolute atomic E-state index is 12.0. The number of ether oxygens (including phenoxy) is 1. The van der Waals surface area contributed by atoms with Crippen molar-refractivity contribution in [1.82, 2.24) is 0 Å². The normalized spacial score (nSPS) is 20.9. The van der Waals surface area contributed by atoms with Gasteiger partial charge in [0.15, 0.2) is 0 Å². The first-order valence-corrected chi connectivity index (χ1v) is 11.2. The topological polar surface area (TPSA) is 26.3 Å². The third kappa shape index (κ3) is 8.96. The first-order valence-electron chi connectivity index (χ1n) is 11.2. The summed E-state index contributed by atoms with van der Waals surface area (Å²) in [6, 6.07) is 0. The maximum Gasteiger partial charge on any atom is 0.336 e. The second-order valence-corrected chi connectivity index (χ2v) is 8.82. The van der Waals surface area contributed by atoms with Crippen LogP contribution < -0.4 is 0 Å². The van der Waals surface area contributed by atoms with Crippen LogP contribution in [0.4, 0.5) is 0 Å². The lowest BCUT2D eigenvalue weighted by Crippen LogP contribution is -2.24. The summed E-state index contributed by atoms with van der Waals surface area (Å²) < 4.78 is 5.30. The molecule has 0 bridgehead atoms. The fourth-order valence-corrected chi connectivity index (χ4v) is 3.86. The Hall–Kier alpha value is -2.61. The smallest absolute Gasteiger partial charge is 0.336 e. The van der Waals surface area contributed by atoms with Crippen molar-refractivity contribution in [3.63, 3.8) is 0 Å². The van der Waals surface area contributed by atoms with Gasteiger partial charge in [-0.1, -0.05) is 81.0 Å². The van der Waals surface area contributed by atoms with Crippen molar-refractivity contribution < 1.29 is 9.53 Å². The van der Waals surface area contributed by atoms with E-state index in [1.807, 2.05) is 26.0 Å². The molecular weight excluding hydrogens is 380 g/mol. The van der Waals surface area contributed by atoms with Gasteiger partial charge >= 0.3 is 5.97 Å². The Balaban J connectivity index is 2.82. The van der Waals surface area contributed by atoms with Crippen LogP contribution in [-0.4, -0.2) is 5.97 Å². The van der Waals surface area contributed by atoms with Gasteiger partial charge in [-0.25, -0.2) is 4.79 Å². The van der Waals surface area contributed by atoms with Crippen molar-refractivity contribution in [2.45, 2.75) is 67.7 Å². The van der Waals surface area contributed by atoms with Crippen LogP contribution in [0.15, 0.2) is 95.4 Å². The average molecular weight is 421 g/mol. The van der Waals surface area contributed by atoms with E-state index < -0.39 is 5.97 Å². The van der Waals surface area contributed by atoms with Gasteiger partial charge in [0.05, 0.1) is 0 Å². The predicted molar refractivity (Wildman–Crippen MR) is 134 cm³/mol. The third-order valence-corrected chi connectivity index (χ3v) is 5.85. The minimum absolute atomic E-state index is 0.231. The molecule has 0 fully saturated rings. The molecule has 0 aromatic carbocycles. The Labute approximate surface area is 190 Å². The molecule has 0 aliphatic heterocycles. The molecule has 0 N–H and O–H groups in total. The summed E-state index contributed by atoms with van der Waals surface area (Å²) >= 11 is 0. The van der Waals surface area contributed by atoms with Gasteiger partial charge in [-0.3, -0.25) is 0 Å². The van der Waals surface area contributed by atoms with Gasteiger partial charge in [0.1, 0.15) is 5.76 Å². The van der Waals surface area contributed by atoms with E-state index in [9.17, 15) is 4.79 Å². The lowest BCUT2D eigenvalue weighted by molar-refractivity contribution is -0.133. The fraction of sp³-hybridized carbons (Fsp3) is 0.414. The van der Waals surface area contributed by atoms with Crippen LogP contribution >= 0.6 is 0 Å². The Morgan fingerprint density at radius 3 is 2.48 bits per heavy atom. The molecule has 1 rings (SSSR count). The molecule has 0 amide bonds. The minimum atomic E-state index is -0.392. The summed E-state index contributed by atoms with van der Waals surface area (Å²) in [6.07, 6.45) is 22.5. The van der Waals surface area contributed by atoms with E-state index in [4.69, 9.17) is 4.74 Å². The van der Waals surface area contributed by atoms with E-state index in [1.165, 1.54) is 36.5 Å². The number of allylic oxidation sites excluding steroid dienone is 13. The van der Waals surface area contributed by atoms with Crippen LogP contribution in [0.5, 0.6) is 0 Å². The number of hydrogen-bond donors (Lipinski definition) is 0. The zero-order valence-electron chi connectivity index (χ0n) is 20.5. The molecule has 0 aromatic heterocycles. The lowest BCUT2D eigenvalue weighted by Gasteiger charge is -2.37. The molecule has 168 valence electrons. The zero-order valence-corrected chi connectivity index (χ0v) is 20.5. The summed E-state index contributed by atoms with van der Waals surface area (Å²) in [7, 11) is 0. The average Bonchev–Trinajstić information content (AvgIpc) is 2.70. The molecule has 2 heteroatoms. The molecule has 0 spiro atoms. The van der Waals surface area contributed by atoms with Gasteiger partial charge in [0.2, 0.25) is 0 Å². The summed E-state index contributed by atoms with van der Waals surface area (Å²) in [4.78, 5) is 12.0. The summed E-state index contributed by atoms with van der Waals surface area (Å²) in [5.41, 5.74) is 5.26. The van der Waals surface area contributed by atoms with Crippen LogP contribution in [0.3, 0.4) is 0 Å². The summed E-state index contributed by atoms with van der Waals surface area (Å²) in [5, 5.41) is 0. The molecule has 1 aliphatic carbocycles. The number of carbonyl (C=O) groups excluding carboxylic acids is 1. The summed E-state index contributed by atoms with van der Waals surface area (Å²) in [5.74, 6) is 0.816. The highest BCUT2D eigenvalue weighted by molar-refractivity contribution is 5.84. The van der Waals surface area contributed by atoms with E-state index in [2.05, 4.69) is 59.4 Å². The lowest BCUT2D eigenvalue weighted by atomic mass is 9.68. The molecular formula is C29H40O2. The highest BCUT2D eigenvalue weighted by Gasteiger charge is 2.30. The highest BCUT2D eigenvalue weighted by Crippen LogP contribution is 2.44. The Morgan fingerprint density at radius 2 is 1.87 bits per heavy atom. The molecule has 0 saturated carbocycles. The van der Waals surface area contributed by atoms with Crippen molar-refractivity contribution in [3.8, 4) is 0 Å². The standard InChI is InChI=1S/C29H40O2/c1-9-12-16-26(11-3)31-28(30)21-23(5)15-13-14-22(4)17-18-27-24(6)25(10-2)19-20-29(27,7)8/h9,11-18,21,25H,1,10,19-20H2,2-8H3/b15-13+,16-12-,18-17+,22-14+,23-21-,26-11+. The van der Waals surface area contributed by atoms with Crippen molar-refractivity contribution >= 4 is 5.97 Å². The van der Waals surface area contributed by atoms with E-state index >= 15 is 0 Å². The van der Waals surface area contributed by atoms with Crippen molar-refractivity contribution in [2.24, 2.45) is 11.3 Å². The van der Waals surface area contributed by atoms with Crippen molar-refractivity contribution in [3.05, 3.63) is 95.4 Å². The van der Waals surface area contributed by atoms with Crippen LogP contribution in [0.1, 0.15) is 67.7 Å². The van der Waals surface area contributed by atoms with Crippen LogP contribution in [-0.2, 0) is 9.53 Å². The molecule has 31 heavy (non-hydrogen) atoms. The number of esters is 1. The Bertz CT molecular complexity index is 851. The van der Waals surface area contributed by atoms with E-state index in [0.29, 0.717) is 11.7 Å². The van der Waals surface area contributed by atoms with Crippen molar-refractivity contribution in [1.29, 1.82) is 0 Å². The molecule has 1 atom stereocenters. The first kappa shape index (κ1) is 26.4. The number of carbonyl (C=O) groups is 1. The number of hydrogen-bond acceptors (Lipinski definition) is 2. The van der Waals surface area contributed by atoms with Gasteiger partial charge in [0.25, 0.3) is 0 Å². The van der Waals surface area contributed by atoms with E-state index in [-0.39, 0.29) is 5.41 Å². The van der Waals surface area contributed by atoms with Gasteiger partial charge in [-0.05, 0) is 81.6 Å². The quantitative estimate of drug-likeness (QED) is 0.162. The molecule has 2 nitrogen and oxygen atoms in total. The SMILES string of the molecule is C=C/C=C\C(=C/C)OC(=O)\C=C(C)/C=C/C=C(C)/C=C/C1=C(C)C(CC)CCC1(C)C. The van der Waals surface area contributed by atoms with Crippen LogP contribution in [0, 0.1) is 11.3 Å². The molecule has 0 aromatic rings. The predicted octanol–water partition coefficient (Wildman–Crippen LogP) is 8.34. The maximum atomic E-state index is 12.0. The Morgan fingerprint density at radius 1 is 1.16 bits per heavy atom. The fourth-order valence-electron chi connectivity index (χ4n) is 3.86. The van der Waals surface area contributed by atoms with Gasteiger partial charge in [-0.2, -0.15) is 0 Å². The molecule has 0 heterocycles. The van der Waals surface area contributed by atoms with Gasteiger partial charge in [0, 0.05) is 6.08 Å². The second-order valence-electron chi connectivity index (χ2n) is 8.82. The van der Waals surface area contributed by atoms with Gasteiger partial charge < -0.3 is 4.74 Å². The minimum Gasteiger partial charge on any atom is -0.424 e. The first-order chi connectivity index (χ1) is 14.6. The largest absolute Gasteiger partial charge is 0.424 e. The van der Waals surface area contributed by atoms with Crippen LogP contribution in [0.25, 0.3) is 0 Å². The molecule has 1 unspecified atom stereocenters. The number of rotatable bonds is 9. The van der Waals surface area contributed by atoms with Crippen LogP contribution in [0.2, 0.25) is 0 Å². The molecule has 0 radical (unpaired) electrons. The third-order valence-electron chi connectivity index (χ3n) is 5.85. The Kier molecular flexibility index (Phi) is 11.0. The monoisotopic (exact) mass is 420 g/mol. The van der Waals surface area contributed by atoms with E-state index in [1.54, 1.807) is 29.9 Å². The molecule has 0 saturated heterocycles. The van der Waals surface area contributed by atoms with Crippen molar-refractivity contribution in [2.75, 3.05) is 0 Å². The summed E-state index contributed by atoms with van der Waals surface area (Å²) in [6.45, 7) is 18.7. The second kappa shape index (κ2) is 12.9. The zero-order chi connectivity index (χ0) is 23.4. The van der Waals surface area contributed by atoms with Gasteiger partial charge in [-0.15, -0.1) is 0 Å². The highest BCUT2D eigenvalue weighted by atomic mass is 16.5. The van der Waals surface area contributed by atoms with E-state index in [0.717, 1.165) is 5.57 Å². The molecule has 1 aliphatic rings.